The third-order valence-electron chi connectivity index (χ3n) is 2.28. The van der Waals surface area contributed by atoms with Crippen molar-refractivity contribution in [3.63, 3.8) is 0 Å². The molecule has 0 bridgehead atoms. The lowest BCUT2D eigenvalue weighted by molar-refractivity contribution is -0.165. The minimum absolute atomic E-state index is 0.114. The molecule has 0 aromatic heterocycles. The van der Waals surface area contributed by atoms with Crippen molar-refractivity contribution in [2.24, 2.45) is 0 Å². The minimum Gasteiger partial charge on any atom is -0.507 e. The van der Waals surface area contributed by atoms with E-state index in [1.165, 1.54) is 24.3 Å². The van der Waals surface area contributed by atoms with Gasteiger partial charge in [0, 0.05) is 11.6 Å². The molecule has 1 aromatic carbocycles. The highest BCUT2D eigenvalue weighted by Gasteiger charge is 2.36. The monoisotopic (exact) mass is 322 g/mol. The number of carbonyl (C=O) groups is 1. The molecule has 0 radical (unpaired) electrons. The third kappa shape index (κ3) is 6.12. The van der Waals surface area contributed by atoms with Crippen molar-refractivity contribution in [2.75, 3.05) is 24.7 Å². The third-order valence-corrected chi connectivity index (χ3v) is 3.10. The molecule has 0 atom stereocenters. The Labute approximate surface area is 122 Å². The molecular weight excluding hydrogens is 305 g/mol. The van der Waals surface area contributed by atoms with Crippen LogP contribution in [-0.4, -0.2) is 41.8 Å². The Morgan fingerprint density at radius 3 is 2.19 bits per heavy atom. The van der Waals surface area contributed by atoms with E-state index >= 15 is 0 Å². The minimum atomic E-state index is -4.99. The number of ketones is 1. The number of alkyl halides is 3. The average Bonchev–Trinajstić information content (AvgIpc) is 2.35. The Bertz CT molecular complexity index is 528. The van der Waals surface area contributed by atoms with Gasteiger partial charge in [-0.25, -0.2) is 10.0 Å². The highest BCUT2D eigenvalue weighted by molar-refractivity contribution is 8.32. The lowest BCUT2D eigenvalue weighted by Gasteiger charge is -2.24. The van der Waals surface area contributed by atoms with Gasteiger partial charge in [0.25, 0.3) is 5.78 Å². The maximum Gasteiger partial charge on any atom is 0.454 e. The molecule has 0 aliphatic carbocycles. The number of benzene rings is 1. The summed E-state index contributed by atoms with van der Waals surface area (Å²) in [6.45, 7) is 0. The van der Waals surface area contributed by atoms with Crippen molar-refractivity contribution in [3.8, 4) is 5.75 Å². The van der Waals surface area contributed by atoms with Gasteiger partial charge in [-0.1, -0.05) is 0 Å². The summed E-state index contributed by atoms with van der Waals surface area (Å²) < 4.78 is 41.8. The molecule has 0 fully saturated rings. The summed E-state index contributed by atoms with van der Waals surface area (Å²) in [4.78, 5) is 10.7. The zero-order valence-electron chi connectivity index (χ0n) is 11.9. The molecule has 1 aromatic rings. The first-order valence-corrected chi connectivity index (χ1v) is 8.93. The summed E-state index contributed by atoms with van der Waals surface area (Å²) in [5.41, 5.74) is 0.114. The van der Waals surface area contributed by atoms with Crippen molar-refractivity contribution < 1.29 is 27.8 Å². The van der Waals surface area contributed by atoms with E-state index in [1.807, 2.05) is 0 Å². The van der Waals surface area contributed by atoms with E-state index in [0.29, 0.717) is 11.7 Å². The van der Waals surface area contributed by atoms with E-state index in [9.17, 15) is 23.1 Å². The molecule has 0 aliphatic heterocycles. The van der Waals surface area contributed by atoms with E-state index in [4.69, 9.17) is 4.74 Å². The van der Waals surface area contributed by atoms with Crippen molar-refractivity contribution in [1.29, 1.82) is 0 Å². The second-order valence-corrected chi connectivity index (χ2v) is 9.69. The summed E-state index contributed by atoms with van der Waals surface area (Å²) in [6, 6.07) is 5.84. The van der Waals surface area contributed by atoms with Gasteiger partial charge in [0.15, 0.2) is 0 Å². The second-order valence-electron chi connectivity index (χ2n) is 5.27. The summed E-state index contributed by atoms with van der Waals surface area (Å²) >= 11 is 0. The fourth-order valence-corrected chi connectivity index (χ4v) is 1.75. The standard InChI is InChI=1S/C14H17F3O3S/c1-21(2,3)9-20-11-6-4-10(5-7-11)12(18)8-13(19)14(15,16)17/h4-8,18H,9H2,1-3H3. The smallest absolute Gasteiger partial charge is 0.454 e. The molecule has 3 nitrogen and oxygen atoms in total. The van der Waals surface area contributed by atoms with Crippen LogP contribution in [0, 0.1) is 0 Å². The van der Waals surface area contributed by atoms with Crippen LogP contribution in [0.2, 0.25) is 0 Å². The Balaban J connectivity index is 2.78. The van der Waals surface area contributed by atoms with Gasteiger partial charge in [-0.15, -0.1) is 0 Å². The van der Waals surface area contributed by atoms with Crippen molar-refractivity contribution in [3.05, 3.63) is 35.9 Å². The molecule has 0 heterocycles. The lowest BCUT2D eigenvalue weighted by atomic mass is 10.1. The molecule has 0 saturated carbocycles. The number of halogens is 3. The zero-order chi connectivity index (χ0) is 16.3. The normalized spacial score (nSPS) is 13.9. The zero-order valence-corrected chi connectivity index (χ0v) is 12.7. The number of rotatable bonds is 5. The van der Waals surface area contributed by atoms with Crippen molar-refractivity contribution in [2.45, 2.75) is 6.18 Å². The topological polar surface area (TPSA) is 46.5 Å². The number of hydrogen-bond acceptors (Lipinski definition) is 3. The molecule has 0 aliphatic rings. The molecular formula is C14H17F3O3S. The van der Waals surface area contributed by atoms with Crippen LogP contribution in [0.4, 0.5) is 13.2 Å². The summed E-state index contributed by atoms with van der Waals surface area (Å²) in [5, 5.41) is 9.51. The van der Waals surface area contributed by atoms with E-state index in [0.717, 1.165) is 0 Å². The van der Waals surface area contributed by atoms with Crippen LogP contribution in [-0.2, 0) is 4.79 Å². The Kier molecular flexibility index (Phi) is 5.33. The molecule has 0 spiro atoms. The van der Waals surface area contributed by atoms with Gasteiger partial charge in [0.2, 0.25) is 0 Å². The van der Waals surface area contributed by atoms with E-state index in [1.54, 1.807) is 0 Å². The van der Waals surface area contributed by atoms with Crippen LogP contribution < -0.4 is 4.74 Å². The van der Waals surface area contributed by atoms with Crippen LogP contribution >= 0.6 is 10.0 Å². The lowest BCUT2D eigenvalue weighted by Crippen LogP contribution is -2.20. The SMILES string of the molecule is CS(C)(C)COc1ccc(C(O)=CC(=O)C(F)(F)F)cc1. The van der Waals surface area contributed by atoms with E-state index in [2.05, 4.69) is 18.8 Å². The molecule has 7 heteroatoms. The first-order chi connectivity index (χ1) is 9.49. The van der Waals surface area contributed by atoms with E-state index < -0.39 is 27.7 Å². The Morgan fingerprint density at radius 2 is 1.76 bits per heavy atom. The van der Waals surface area contributed by atoms with Gasteiger partial charge in [-0.2, -0.15) is 13.2 Å². The van der Waals surface area contributed by atoms with Gasteiger partial charge in [-0.3, -0.25) is 4.79 Å². The molecule has 0 saturated heterocycles. The number of hydrogen-bond donors (Lipinski definition) is 1. The number of allylic oxidation sites excluding steroid dienone is 1. The highest BCUT2D eigenvalue weighted by atomic mass is 32.3. The van der Waals surface area contributed by atoms with Gasteiger partial charge < -0.3 is 9.84 Å². The maximum absolute atomic E-state index is 12.1. The summed E-state index contributed by atoms with van der Waals surface area (Å²) in [7, 11) is -0.834. The fraction of sp³-hybridized carbons (Fsp3) is 0.357. The molecule has 118 valence electrons. The number of aliphatic hydroxyl groups excluding tert-OH is 1. The maximum atomic E-state index is 12.1. The van der Waals surface area contributed by atoms with Gasteiger partial charge >= 0.3 is 6.18 Å². The van der Waals surface area contributed by atoms with Crippen molar-refractivity contribution >= 4 is 21.6 Å². The number of ether oxygens (including phenoxy) is 1. The Morgan fingerprint density at radius 1 is 1.24 bits per heavy atom. The molecule has 0 amide bonds. The predicted octanol–water partition coefficient (Wildman–Crippen LogP) is 3.75. The Hall–Kier alpha value is -1.63. The quantitative estimate of drug-likeness (QED) is 0.663. The number of aliphatic hydroxyl groups is 1. The summed E-state index contributed by atoms with van der Waals surface area (Å²) in [5.74, 6) is -1.72. The fourth-order valence-electron chi connectivity index (χ4n) is 1.26. The highest BCUT2D eigenvalue weighted by Crippen LogP contribution is 2.34. The first-order valence-electron chi connectivity index (χ1n) is 5.90. The van der Waals surface area contributed by atoms with Crippen LogP contribution in [0.1, 0.15) is 5.56 Å². The average molecular weight is 322 g/mol. The largest absolute Gasteiger partial charge is 0.507 e. The predicted molar refractivity (Wildman–Crippen MR) is 79.0 cm³/mol. The molecule has 21 heavy (non-hydrogen) atoms. The molecule has 1 rings (SSSR count). The van der Waals surface area contributed by atoms with Gasteiger partial charge in [0.05, 0.1) is 0 Å². The van der Waals surface area contributed by atoms with E-state index in [-0.39, 0.29) is 11.6 Å². The number of carbonyl (C=O) groups excluding carboxylic acids is 1. The molecule has 1 N–H and O–H groups in total. The van der Waals surface area contributed by atoms with Crippen molar-refractivity contribution in [1.82, 2.24) is 0 Å². The second kappa shape index (κ2) is 6.43. The van der Waals surface area contributed by atoms with Gasteiger partial charge in [-0.05, 0) is 43.0 Å². The van der Waals surface area contributed by atoms with Crippen LogP contribution in [0.15, 0.2) is 30.3 Å². The van der Waals surface area contributed by atoms with Crippen LogP contribution in [0.3, 0.4) is 0 Å². The summed E-state index contributed by atoms with van der Waals surface area (Å²) in [6.07, 6.45) is 1.41. The molecule has 0 unspecified atom stereocenters. The first kappa shape index (κ1) is 17.4. The van der Waals surface area contributed by atoms with Gasteiger partial charge in [0.1, 0.15) is 17.4 Å². The van der Waals surface area contributed by atoms with Crippen LogP contribution in [0.5, 0.6) is 5.75 Å². The van der Waals surface area contributed by atoms with Crippen LogP contribution in [0.25, 0.3) is 5.76 Å².